The molecule has 5 nitrogen and oxygen atoms in total. The molecular weight excluding hydrogens is 225 g/mol. The first-order valence-electron chi connectivity index (χ1n) is 4.68. The van der Waals surface area contributed by atoms with Gasteiger partial charge in [-0.1, -0.05) is 0 Å². The van der Waals surface area contributed by atoms with E-state index in [-0.39, 0.29) is 11.3 Å². The Morgan fingerprint density at radius 2 is 1.88 bits per heavy atom. The number of amides is 1. The van der Waals surface area contributed by atoms with Gasteiger partial charge in [0, 0.05) is 11.6 Å². The van der Waals surface area contributed by atoms with Gasteiger partial charge in [0.2, 0.25) is 5.91 Å². The summed E-state index contributed by atoms with van der Waals surface area (Å²) in [5.41, 5.74) is 5.10. The maximum atomic E-state index is 13.2. The number of nitrogens with two attached hydrogens (primary N) is 1. The number of aromatic nitrogens is 2. The predicted molar refractivity (Wildman–Crippen MR) is 57.0 cm³/mol. The van der Waals surface area contributed by atoms with E-state index < -0.39 is 11.7 Å². The monoisotopic (exact) mass is 233 g/mol. The van der Waals surface area contributed by atoms with Crippen LogP contribution in [0.5, 0.6) is 11.5 Å². The molecule has 0 saturated carbocycles. The number of benzene rings is 1. The number of hydrogen-bond acceptors (Lipinski definition) is 4. The molecule has 1 aromatic heterocycles. The summed E-state index contributed by atoms with van der Waals surface area (Å²) in [6.07, 6.45) is 4.18. The summed E-state index contributed by atoms with van der Waals surface area (Å²) in [5.74, 6) is -0.825. The Morgan fingerprint density at radius 1 is 1.18 bits per heavy atom. The maximum Gasteiger partial charge on any atom is 0.248 e. The van der Waals surface area contributed by atoms with Gasteiger partial charge < -0.3 is 10.5 Å². The van der Waals surface area contributed by atoms with Gasteiger partial charge in [0.05, 0.1) is 12.4 Å². The van der Waals surface area contributed by atoms with Crippen LogP contribution in [0.25, 0.3) is 0 Å². The minimum Gasteiger partial charge on any atom is -0.454 e. The summed E-state index contributed by atoms with van der Waals surface area (Å²) in [6, 6.07) is 3.52. The Kier molecular flexibility index (Phi) is 2.95. The van der Waals surface area contributed by atoms with Crippen LogP contribution < -0.4 is 10.5 Å². The van der Waals surface area contributed by atoms with Gasteiger partial charge in [-0.25, -0.2) is 14.4 Å². The van der Waals surface area contributed by atoms with Gasteiger partial charge in [-0.2, -0.15) is 0 Å². The second-order valence-electron chi connectivity index (χ2n) is 3.22. The molecule has 0 radical (unpaired) electrons. The fourth-order valence-corrected chi connectivity index (χ4v) is 1.24. The van der Waals surface area contributed by atoms with Crippen LogP contribution in [-0.2, 0) is 0 Å². The van der Waals surface area contributed by atoms with Crippen molar-refractivity contribution in [3.8, 4) is 11.5 Å². The summed E-state index contributed by atoms with van der Waals surface area (Å²) >= 11 is 0. The molecule has 0 aliphatic heterocycles. The van der Waals surface area contributed by atoms with Gasteiger partial charge in [-0.15, -0.1) is 0 Å². The van der Waals surface area contributed by atoms with Gasteiger partial charge in [-0.3, -0.25) is 4.79 Å². The number of carbonyl (C=O) groups is 1. The van der Waals surface area contributed by atoms with Crippen molar-refractivity contribution in [2.75, 3.05) is 0 Å². The van der Waals surface area contributed by atoms with E-state index >= 15 is 0 Å². The lowest BCUT2D eigenvalue weighted by molar-refractivity contribution is 0.0999. The smallest absolute Gasteiger partial charge is 0.248 e. The minimum absolute atomic E-state index is 0.0387. The Balaban J connectivity index is 2.30. The molecule has 1 amide bonds. The molecule has 0 spiro atoms. The fraction of sp³-hybridized carbons (Fsp3) is 0. The Morgan fingerprint density at radius 3 is 2.53 bits per heavy atom. The van der Waals surface area contributed by atoms with Crippen molar-refractivity contribution in [2.24, 2.45) is 5.73 Å². The highest BCUT2D eigenvalue weighted by molar-refractivity contribution is 5.93. The molecule has 2 aromatic rings. The third-order valence-electron chi connectivity index (χ3n) is 1.93. The Labute approximate surface area is 96.1 Å². The molecule has 17 heavy (non-hydrogen) atoms. The number of rotatable bonds is 3. The van der Waals surface area contributed by atoms with Gasteiger partial charge in [0.15, 0.2) is 5.75 Å². The largest absolute Gasteiger partial charge is 0.454 e. The molecule has 0 fully saturated rings. The molecule has 6 heteroatoms. The molecule has 0 saturated heterocycles. The normalized spacial score (nSPS) is 9.94. The van der Waals surface area contributed by atoms with E-state index in [4.69, 9.17) is 10.5 Å². The quantitative estimate of drug-likeness (QED) is 0.871. The Hall–Kier alpha value is -2.50. The second-order valence-corrected chi connectivity index (χ2v) is 3.22. The number of halogens is 1. The van der Waals surface area contributed by atoms with E-state index in [2.05, 4.69) is 9.97 Å². The first kappa shape index (κ1) is 11.0. The number of hydrogen-bond donors (Lipinski definition) is 1. The summed E-state index contributed by atoms with van der Waals surface area (Å²) < 4.78 is 18.4. The van der Waals surface area contributed by atoms with E-state index in [1.807, 2.05) is 0 Å². The summed E-state index contributed by atoms with van der Waals surface area (Å²) in [6.45, 7) is 0. The molecule has 2 N–H and O–H groups in total. The zero-order valence-electron chi connectivity index (χ0n) is 8.63. The molecule has 0 aliphatic carbocycles. The molecule has 1 heterocycles. The van der Waals surface area contributed by atoms with E-state index in [1.54, 1.807) is 0 Å². The molecular formula is C11H8FN3O2. The summed E-state index contributed by atoms with van der Waals surface area (Å²) in [4.78, 5) is 18.4. The van der Waals surface area contributed by atoms with Crippen LogP contribution >= 0.6 is 0 Å². The number of carbonyl (C=O) groups excluding carboxylic acids is 1. The van der Waals surface area contributed by atoms with Crippen molar-refractivity contribution >= 4 is 5.91 Å². The molecule has 2 rings (SSSR count). The lowest BCUT2D eigenvalue weighted by Crippen LogP contribution is -2.11. The zero-order valence-corrected chi connectivity index (χ0v) is 8.63. The highest BCUT2D eigenvalue weighted by atomic mass is 19.1. The van der Waals surface area contributed by atoms with Crippen LogP contribution in [0.15, 0.2) is 36.9 Å². The van der Waals surface area contributed by atoms with Crippen LogP contribution in [-0.4, -0.2) is 15.9 Å². The van der Waals surface area contributed by atoms with Crippen molar-refractivity contribution in [3.63, 3.8) is 0 Å². The SMILES string of the molecule is NC(=O)c1cc(F)cc(Oc2cncnc2)c1. The topological polar surface area (TPSA) is 78.1 Å². The lowest BCUT2D eigenvalue weighted by atomic mass is 10.2. The molecule has 0 aliphatic rings. The van der Waals surface area contributed by atoms with E-state index in [0.717, 1.165) is 12.1 Å². The van der Waals surface area contributed by atoms with Crippen LogP contribution in [0.3, 0.4) is 0 Å². The molecule has 86 valence electrons. The van der Waals surface area contributed by atoms with Crippen molar-refractivity contribution in [2.45, 2.75) is 0 Å². The average molecular weight is 233 g/mol. The van der Waals surface area contributed by atoms with Crippen molar-refractivity contribution in [1.82, 2.24) is 9.97 Å². The van der Waals surface area contributed by atoms with Crippen molar-refractivity contribution in [3.05, 3.63) is 48.3 Å². The first-order valence-corrected chi connectivity index (χ1v) is 4.68. The second kappa shape index (κ2) is 4.56. The summed E-state index contributed by atoms with van der Waals surface area (Å²) in [5, 5.41) is 0. The highest BCUT2D eigenvalue weighted by Crippen LogP contribution is 2.22. The maximum absolute atomic E-state index is 13.2. The number of ether oxygens (including phenoxy) is 1. The van der Waals surface area contributed by atoms with Crippen molar-refractivity contribution in [1.29, 1.82) is 0 Å². The minimum atomic E-state index is -0.723. The summed E-state index contributed by atoms with van der Waals surface area (Å²) in [7, 11) is 0. The van der Waals surface area contributed by atoms with Crippen LogP contribution in [0, 0.1) is 5.82 Å². The molecule has 1 aromatic carbocycles. The van der Waals surface area contributed by atoms with Crippen LogP contribution in [0.2, 0.25) is 0 Å². The van der Waals surface area contributed by atoms with Gasteiger partial charge in [0.25, 0.3) is 0 Å². The Bertz CT molecular complexity index is 546. The highest BCUT2D eigenvalue weighted by Gasteiger charge is 2.07. The van der Waals surface area contributed by atoms with E-state index in [1.165, 1.54) is 24.8 Å². The average Bonchev–Trinajstić information content (AvgIpc) is 2.29. The third-order valence-corrected chi connectivity index (χ3v) is 1.93. The van der Waals surface area contributed by atoms with Gasteiger partial charge in [0.1, 0.15) is 17.9 Å². The molecule has 0 bridgehead atoms. The van der Waals surface area contributed by atoms with E-state index in [0.29, 0.717) is 5.75 Å². The first-order chi connectivity index (χ1) is 8.15. The fourth-order valence-electron chi connectivity index (χ4n) is 1.24. The standard InChI is InChI=1S/C11H8FN3O2/c12-8-1-7(11(13)16)2-9(3-8)17-10-4-14-6-15-5-10/h1-6H,(H2,13,16). The van der Waals surface area contributed by atoms with Crippen LogP contribution in [0.4, 0.5) is 4.39 Å². The van der Waals surface area contributed by atoms with Gasteiger partial charge >= 0.3 is 0 Å². The van der Waals surface area contributed by atoms with Gasteiger partial charge in [-0.05, 0) is 12.1 Å². The third kappa shape index (κ3) is 2.75. The van der Waals surface area contributed by atoms with Crippen LogP contribution in [0.1, 0.15) is 10.4 Å². The van der Waals surface area contributed by atoms with Crippen molar-refractivity contribution < 1.29 is 13.9 Å². The predicted octanol–water partition coefficient (Wildman–Crippen LogP) is 1.51. The number of primary amides is 1. The van der Waals surface area contributed by atoms with E-state index in [9.17, 15) is 9.18 Å². The number of nitrogens with zero attached hydrogens (tertiary/aromatic N) is 2. The lowest BCUT2D eigenvalue weighted by Gasteiger charge is -2.05. The zero-order chi connectivity index (χ0) is 12.3. The molecule has 0 unspecified atom stereocenters. The molecule has 0 atom stereocenters.